The van der Waals surface area contributed by atoms with E-state index >= 15 is 0 Å². The highest BCUT2D eigenvalue weighted by Gasteiger charge is 2.33. The van der Waals surface area contributed by atoms with Crippen LogP contribution in [0.3, 0.4) is 0 Å². The highest BCUT2D eigenvalue weighted by molar-refractivity contribution is 5.84. The minimum atomic E-state index is -0.122. The third-order valence-electron chi connectivity index (χ3n) is 7.65. The van der Waals surface area contributed by atoms with Gasteiger partial charge in [-0.1, -0.05) is 73.5 Å². The number of rotatable bonds is 8. The molecular formula is C30H35N3O. The quantitative estimate of drug-likeness (QED) is 0.448. The molecular weight excluding hydrogens is 418 g/mol. The predicted octanol–water partition coefficient (Wildman–Crippen LogP) is 5.88. The summed E-state index contributed by atoms with van der Waals surface area (Å²) in [6.07, 6.45) is 11.8. The Morgan fingerprint density at radius 1 is 0.882 bits per heavy atom. The van der Waals surface area contributed by atoms with Gasteiger partial charge in [0.15, 0.2) is 0 Å². The number of carbonyl (C=O) groups is 1. The van der Waals surface area contributed by atoms with Gasteiger partial charge in [-0.2, -0.15) is 0 Å². The molecule has 0 aliphatic heterocycles. The zero-order valence-electron chi connectivity index (χ0n) is 19.8. The van der Waals surface area contributed by atoms with Gasteiger partial charge in [-0.05, 0) is 66.3 Å². The molecule has 2 aliphatic carbocycles. The fourth-order valence-corrected chi connectivity index (χ4v) is 5.91. The van der Waals surface area contributed by atoms with Crippen LogP contribution >= 0.6 is 0 Å². The summed E-state index contributed by atoms with van der Waals surface area (Å²) < 4.78 is 0. The van der Waals surface area contributed by atoms with Gasteiger partial charge in [0.2, 0.25) is 5.91 Å². The molecule has 1 aromatic heterocycles. The lowest BCUT2D eigenvalue weighted by molar-refractivity contribution is -0.124. The van der Waals surface area contributed by atoms with Crippen LogP contribution in [0.5, 0.6) is 0 Å². The van der Waals surface area contributed by atoms with Crippen LogP contribution in [-0.2, 0) is 11.2 Å². The average Bonchev–Trinajstić information content (AvgIpc) is 3.42. The van der Waals surface area contributed by atoms with Crippen LogP contribution in [0.25, 0.3) is 0 Å². The van der Waals surface area contributed by atoms with Crippen molar-refractivity contribution in [1.29, 1.82) is 0 Å². The summed E-state index contributed by atoms with van der Waals surface area (Å²) in [6.45, 7) is 0.683. The van der Waals surface area contributed by atoms with Crippen LogP contribution in [0.2, 0.25) is 0 Å². The summed E-state index contributed by atoms with van der Waals surface area (Å²) >= 11 is 0. The third kappa shape index (κ3) is 5.23. The van der Waals surface area contributed by atoms with Gasteiger partial charge < -0.3 is 10.6 Å². The van der Waals surface area contributed by atoms with Crippen LogP contribution in [0.4, 0.5) is 0 Å². The van der Waals surface area contributed by atoms with Crippen molar-refractivity contribution in [1.82, 2.24) is 15.6 Å². The number of pyridine rings is 1. The van der Waals surface area contributed by atoms with Crippen molar-refractivity contribution in [2.75, 3.05) is 6.54 Å². The van der Waals surface area contributed by atoms with Crippen LogP contribution in [-0.4, -0.2) is 17.4 Å². The van der Waals surface area contributed by atoms with E-state index in [1.807, 2.05) is 30.5 Å². The lowest BCUT2D eigenvalue weighted by Crippen LogP contribution is -2.41. The second-order valence-electron chi connectivity index (χ2n) is 9.83. The molecule has 0 spiro atoms. The van der Waals surface area contributed by atoms with E-state index in [-0.39, 0.29) is 17.9 Å². The summed E-state index contributed by atoms with van der Waals surface area (Å²) in [5.41, 5.74) is 5.02. The van der Waals surface area contributed by atoms with Gasteiger partial charge in [0.25, 0.3) is 0 Å². The van der Waals surface area contributed by atoms with E-state index in [1.165, 1.54) is 30.4 Å². The molecule has 0 radical (unpaired) electrons. The Labute approximate surface area is 203 Å². The van der Waals surface area contributed by atoms with Crippen molar-refractivity contribution in [2.45, 2.75) is 62.9 Å². The molecule has 176 valence electrons. The van der Waals surface area contributed by atoms with Crippen molar-refractivity contribution in [2.24, 2.45) is 5.92 Å². The van der Waals surface area contributed by atoms with Gasteiger partial charge in [0.1, 0.15) is 0 Å². The molecule has 4 nitrogen and oxygen atoms in total. The summed E-state index contributed by atoms with van der Waals surface area (Å²) in [4.78, 5) is 18.1. The maximum absolute atomic E-state index is 13.8. The molecule has 2 aliphatic rings. The van der Waals surface area contributed by atoms with Crippen LogP contribution in [0, 0.1) is 5.92 Å². The highest BCUT2D eigenvalue weighted by Crippen LogP contribution is 2.38. The van der Waals surface area contributed by atoms with E-state index in [4.69, 9.17) is 0 Å². The molecule has 3 aromatic rings. The number of aryl methyl sites for hydroxylation is 1. The number of hydrogen-bond acceptors (Lipinski definition) is 3. The first-order valence-electron chi connectivity index (χ1n) is 12.9. The number of nitrogens with zero attached hydrogens (tertiary/aromatic N) is 1. The van der Waals surface area contributed by atoms with Crippen LogP contribution in [0.15, 0.2) is 79.1 Å². The monoisotopic (exact) mass is 453 g/mol. The van der Waals surface area contributed by atoms with Gasteiger partial charge in [0.05, 0.1) is 12.0 Å². The van der Waals surface area contributed by atoms with Crippen molar-refractivity contribution >= 4 is 5.91 Å². The number of benzene rings is 2. The van der Waals surface area contributed by atoms with Crippen molar-refractivity contribution in [3.8, 4) is 0 Å². The number of amides is 1. The van der Waals surface area contributed by atoms with Gasteiger partial charge in [-0.3, -0.25) is 9.78 Å². The van der Waals surface area contributed by atoms with E-state index in [0.29, 0.717) is 18.5 Å². The largest absolute Gasteiger partial charge is 0.347 e. The molecule has 1 saturated carbocycles. The van der Waals surface area contributed by atoms with Gasteiger partial charge in [-0.25, -0.2) is 0 Å². The van der Waals surface area contributed by atoms with Gasteiger partial charge >= 0.3 is 0 Å². The smallest absolute Gasteiger partial charge is 0.228 e. The normalized spacial score (nSPS) is 19.8. The zero-order valence-corrected chi connectivity index (χ0v) is 19.8. The van der Waals surface area contributed by atoms with E-state index in [2.05, 4.69) is 58.1 Å². The number of fused-ring (bicyclic) bond motifs is 1. The summed E-state index contributed by atoms with van der Waals surface area (Å²) in [5, 5.41) is 7.22. The molecule has 0 saturated heterocycles. The Morgan fingerprint density at radius 3 is 2.44 bits per heavy atom. The Kier molecular flexibility index (Phi) is 7.35. The SMILES string of the molecule is O=C(NC(CNC1CCCc2ccccc21)c1cccnc1)C(c1ccccc1)C1CCCC1. The highest BCUT2D eigenvalue weighted by atomic mass is 16.2. The summed E-state index contributed by atoms with van der Waals surface area (Å²) in [7, 11) is 0. The molecule has 1 heterocycles. The Morgan fingerprint density at radius 2 is 1.65 bits per heavy atom. The van der Waals surface area contributed by atoms with E-state index in [1.54, 1.807) is 6.20 Å². The molecule has 5 rings (SSSR count). The molecule has 34 heavy (non-hydrogen) atoms. The molecule has 3 atom stereocenters. The molecule has 1 fully saturated rings. The molecule has 0 bridgehead atoms. The molecule has 2 N–H and O–H groups in total. The summed E-state index contributed by atoms with van der Waals surface area (Å²) in [6, 6.07) is 23.3. The van der Waals surface area contributed by atoms with E-state index < -0.39 is 0 Å². The molecule has 1 amide bonds. The summed E-state index contributed by atoms with van der Waals surface area (Å²) in [5.74, 6) is 0.450. The number of hydrogen-bond donors (Lipinski definition) is 2. The fourth-order valence-electron chi connectivity index (χ4n) is 5.91. The maximum Gasteiger partial charge on any atom is 0.228 e. The first-order valence-corrected chi connectivity index (χ1v) is 12.9. The van der Waals surface area contributed by atoms with Gasteiger partial charge in [0, 0.05) is 25.0 Å². The predicted molar refractivity (Wildman–Crippen MR) is 136 cm³/mol. The molecule has 3 unspecified atom stereocenters. The maximum atomic E-state index is 13.8. The van der Waals surface area contributed by atoms with E-state index in [9.17, 15) is 4.79 Å². The third-order valence-corrected chi connectivity index (χ3v) is 7.65. The zero-order chi connectivity index (χ0) is 23.2. The lowest BCUT2D eigenvalue weighted by Gasteiger charge is -2.30. The van der Waals surface area contributed by atoms with Gasteiger partial charge in [-0.15, -0.1) is 0 Å². The first kappa shape index (κ1) is 22.8. The minimum absolute atomic E-state index is 0.0988. The van der Waals surface area contributed by atoms with Crippen LogP contribution in [0.1, 0.15) is 78.8 Å². The van der Waals surface area contributed by atoms with Crippen molar-refractivity contribution < 1.29 is 4.79 Å². The Balaban J connectivity index is 1.35. The van der Waals surface area contributed by atoms with Crippen LogP contribution < -0.4 is 10.6 Å². The number of aromatic nitrogens is 1. The fraction of sp³-hybridized carbons (Fsp3) is 0.400. The standard InChI is InChI=1S/C30H35N3O/c34-30(29(24-13-4-5-14-24)23-11-2-1-3-12-23)33-28(25-16-9-19-31-20-25)21-32-27-18-8-15-22-10-6-7-17-26(22)27/h1-3,6-7,9-12,16-17,19-20,24,27-29,32H,4-5,8,13-15,18,21H2,(H,33,34). The second-order valence-corrected chi connectivity index (χ2v) is 9.83. The lowest BCUT2D eigenvalue weighted by atomic mass is 9.84. The topological polar surface area (TPSA) is 54.0 Å². The minimum Gasteiger partial charge on any atom is -0.347 e. The molecule has 2 aromatic carbocycles. The second kappa shape index (κ2) is 11.0. The van der Waals surface area contributed by atoms with E-state index in [0.717, 1.165) is 36.8 Å². The Bertz CT molecular complexity index is 1060. The van der Waals surface area contributed by atoms with Crippen molar-refractivity contribution in [3.63, 3.8) is 0 Å². The first-order chi connectivity index (χ1) is 16.8. The number of nitrogens with one attached hydrogen (secondary N) is 2. The Hall–Kier alpha value is -2.98. The van der Waals surface area contributed by atoms with Crippen molar-refractivity contribution in [3.05, 3.63) is 101 Å². The average molecular weight is 454 g/mol. The molecule has 4 heteroatoms. The number of carbonyl (C=O) groups excluding carboxylic acids is 1.